The quantitative estimate of drug-likeness (QED) is 0.682. The lowest BCUT2D eigenvalue weighted by atomic mass is 10.2. The predicted molar refractivity (Wildman–Crippen MR) is 82.7 cm³/mol. The molecule has 0 spiro atoms. The summed E-state index contributed by atoms with van der Waals surface area (Å²) in [6.45, 7) is 4.53. The molecule has 3 heterocycles. The third-order valence-electron chi connectivity index (χ3n) is 3.10. The lowest BCUT2D eigenvalue weighted by Gasteiger charge is -2.05. The molecule has 1 aromatic heterocycles. The van der Waals surface area contributed by atoms with Crippen LogP contribution >= 0.6 is 34.9 Å². The molecule has 0 N–H and O–H groups in total. The van der Waals surface area contributed by atoms with E-state index in [2.05, 4.69) is 38.1 Å². The Hall–Kier alpha value is -0.120. The molecule has 2 atom stereocenters. The predicted octanol–water partition coefficient (Wildman–Crippen LogP) is 5.70. The average molecular weight is 280 g/mol. The standard InChI is InChI=1S/C14H16S3/c1-9-3-5-11(15-9)13-7-8-14(17-13)12-6-4-10(2)16-12/h3,6-8,10-11H,4-5H2,1-2H3. The van der Waals surface area contributed by atoms with Gasteiger partial charge in [0.2, 0.25) is 0 Å². The highest BCUT2D eigenvalue weighted by molar-refractivity contribution is 8.09. The van der Waals surface area contributed by atoms with E-state index < -0.39 is 0 Å². The molecule has 0 radical (unpaired) electrons. The fourth-order valence-electron chi connectivity index (χ4n) is 2.17. The average Bonchev–Trinajstić information content (AvgIpc) is 2.96. The summed E-state index contributed by atoms with van der Waals surface area (Å²) in [6, 6.07) is 4.64. The number of thioether (sulfide) groups is 2. The molecule has 0 saturated heterocycles. The number of allylic oxidation sites excluding steroid dienone is 3. The van der Waals surface area contributed by atoms with E-state index in [0.29, 0.717) is 5.25 Å². The summed E-state index contributed by atoms with van der Waals surface area (Å²) in [5.41, 5.74) is 0. The van der Waals surface area contributed by atoms with Crippen molar-refractivity contribution in [2.75, 3.05) is 0 Å². The molecule has 2 unspecified atom stereocenters. The van der Waals surface area contributed by atoms with Crippen LogP contribution in [0.3, 0.4) is 0 Å². The molecule has 0 aromatic carbocycles. The van der Waals surface area contributed by atoms with Crippen LogP contribution in [-0.4, -0.2) is 5.25 Å². The Morgan fingerprint density at radius 3 is 2.65 bits per heavy atom. The lowest BCUT2D eigenvalue weighted by molar-refractivity contribution is 1.00. The summed E-state index contributed by atoms with van der Waals surface area (Å²) in [6.07, 6.45) is 7.20. The van der Waals surface area contributed by atoms with Crippen LogP contribution in [0.5, 0.6) is 0 Å². The highest BCUT2D eigenvalue weighted by Gasteiger charge is 2.21. The van der Waals surface area contributed by atoms with E-state index in [1.54, 1.807) is 4.88 Å². The van der Waals surface area contributed by atoms with Crippen LogP contribution in [0.15, 0.2) is 29.2 Å². The van der Waals surface area contributed by atoms with Gasteiger partial charge in [-0.05, 0) is 36.8 Å². The zero-order valence-corrected chi connectivity index (χ0v) is 12.6. The van der Waals surface area contributed by atoms with Crippen LogP contribution in [0.2, 0.25) is 0 Å². The van der Waals surface area contributed by atoms with Gasteiger partial charge in [0.25, 0.3) is 0 Å². The van der Waals surface area contributed by atoms with Crippen LogP contribution in [0, 0.1) is 0 Å². The summed E-state index contributed by atoms with van der Waals surface area (Å²) in [4.78, 5) is 5.99. The minimum Gasteiger partial charge on any atom is -0.139 e. The van der Waals surface area contributed by atoms with Gasteiger partial charge in [0.1, 0.15) is 0 Å². The minimum absolute atomic E-state index is 0.679. The number of hydrogen-bond acceptors (Lipinski definition) is 3. The van der Waals surface area contributed by atoms with E-state index in [0.717, 1.165) is 5.25 Å². The van der Waals surface area contributed by atoms with Crippen molar-refractivity contribution in [1.29, 1.82) is 0 Å². The fourth-order valence-corrected chi connectivity index (χ4v) is 5.70. The Morgan fingerprint density at radius 2 is 2.00 bits per heavy atom. The lowest BCUT2D eigenvalue weighted by Crippen LogP contribution is -1.84. The summed E-state index contributed by atoms with van der Waals surface area (Å²) < 4.78 is 0. The molecule has 0 aliphatic carbocycles. The van der Waals surface area contributed by atoms with Gasteiger partial charge in [-0.25, -0.2) is 0 Å². The van der Waals surface area contributed by atoms with Crippen molar-refractivity contribution >= 4 is 39.8 Å². The van der Waals surface area contributed by atoms with Gasteiger partial charge in [0.15, 0.2) is 0 Å². The van der Waals surface area contributed by atoms with Crippen molar-refractivity contribution < 1.29 is 0 Å². The topological polar surface area (TPSA) is 0 Å². The summed E-state index contributed by atoms with van der Waals surface area (Å²) in [5.74, 6) is 0. The first-order valence-electron chi connectivity index (χ1n) is 6.02. The maximum absolute atomic E-state index is 2.40. The second kappa shape index (κ2) is 4.87. The van der Waals surface area contributed by atoms with Crippen LogP contribution in [0.4, 0.5) is 0 Å². The molecular weight excluding hydrogens is 264 g/mol. The van der Waals surface area contributed by atoms with Crippen LogP contribution < -0.4 is 0 Å². The van der Waals surface area contributed by atoms with Crippen molar-refractivity contribution in [1.82, 2.24) is 0 Å². The molecule has 3 rings (SSSR count). The van der Waals surface area contributed by atoms with Gasteiger partial charge < -0.3 is 0 Å². The molecule has 0 fully saturated rings. The molecule has 0 nitrogen and oxygen atoms in total. The van der Waals surface area contributed by atoms with Crippen LogP contribution in [0.1, 0.15) is 41.7 Å². The van der Waals surface area contributed by atoms with Crippen molar-refractivity contribution in [2.45, 2.75) is 37.2 Å². The van der Waals surface area contributed by atoms with Crippen LogP contribution in [0.25, 0.3) is 4.91 Å². The molecule has 2 aliphatic rings. The zero-order valence-electron chi connectivity index (χ0n) is 10.1. The highest BCUT2D eigenvalue weighted by Crippen LogP contribution is 2.48. The Bertz CT molecular complexity index is 481. The smallest absolute Gasteiger partial charge is 0.0470 e. The van der Waals surface area contributed by atoms with E-state index in [4.69, 9.17) is 0 Å². The van der Waals surface area contributed by atoms with E-state index in [9.17, 15) is 0 Å². The highest BCUT2D eigenvalue weighted by atomic mass is 32.2. The van der Waals surface area contributed by atoms with E-state index in [-0.39, 0.29) is 0 Å². The maximum atomic E-state index is 2.40. The second-order valence-corrected chi connectivity index (χ2v) is 8.64. The molecule has 90 valence electrons. The summed E-state index contributed by atoms with van der Waals surface area (Å²) in [5, 5.41) is 1.44. The normalized spacial score (nSPS) is 28.4. The van der Waals surface area contributed by atoms with Gasteiger partial charge in [-0.3, -0.25) is 0 Å². The monoisotopic (exact) mass is 280 g/mol. The number of rotatable bonds is 2. The van der Waals surface area contributed by atoms with Gasteiger partial charge in [-0.15, -0.1) is 34.9 Å². The molecule has 1 aromatic rings. The Morgan fingerprint density at radius 1 is 1.12 bits per heavy atom. The minimum atomic E-state index is 0.679. The third-order valence-corrected chi connectivity index (χ3v) is 7.11. The van der Waals surface area contributed by atoms with E-state index >= 15 is 0 Å². The molecule has 17 heavy (non-hydrogen) atoms. The molecule has 0 saturated carbocycles. The van der Waals surface area contributed by atoms with Gasteiger partial charge in [0, 0.05) is 25.2 Å². The Labute approximate surface area is 116 Å². The molecule has 0 amide bonds. The van der Waals surface area contributed by atoms with Crippen molar-refractivity contribution in [3.05, 3.63) is 38.9 Å². The zero-order chi connectivity index (χ0) is 11.8. The first-order chi connectivity index (χ1) is 8.22. The fraction of sp³-hybridized carbons (Fsp3) is 0.429. The van der Waals surface area contributed by atoms with Gasteiger partial charge in [-0.1, -0.05) is 19.1 Å². The van der Waals surface area contributed by atoms with Gasteiger partial charge >= 0.3 is 0 Å². The SMILES string of the molecule is CC1=CCC(c2ccc(C3=CCC(C)S3)s2)S1. The van der Waals surface area contributed by atoms with Crippen molar-refractivity contribution in [3.63, 3.8) is 0 Å². The van der Waals surface area contributed by atoms with Gasteiger partial charge in [0.05, 0.1) is 0 Å². The van der Waals surface area contributed by atoms with E-state index in [1.165, 1.54) is 27.5 Å². The van der Waals surface area contributed by atoms with Crippen molar-refractivity contribution in [2.24, 2.45) is 0 Å². The first-order valence-corrected chi connectivity index (χ1v) is 8.60. The maximum Gasteiger partial charge on any atom is 0.0470 e. The number of thiophene rings is 1. The Kier molecular flexibility index (Phi) is 3.42. The molecular formula is C14H16S3. The van der Waals surface area contributed by atoms with Gasteiger partial charge in [-0.2, -0.15) is 0 Å². The molecule has 3 heteroatoms. The molecule has 0 bridgehead atoms. The Balaban J connectivity index is 1.75. The third kappa shape index (κ3) is 2.51. The molecule has 2 aliphatic heterocycles. The van der Waals surface area contributed by atoms with E-state index in [1.807, 2.05) is 34.9 Å². The summed E-state index contributed by atoms with van der Waals surface area (Å²) in [7, 11) is 0. The summed E-state index contributed by atoms with van der Waals surface area (Å²) >= 11 is 6.04. The van der Waals surface area contributed by atoms with Crippen LogP contribution in [-0.2, 0) is 0 Å². The van der Waals surface area contributed by atoms with Crippen molar-refractivity contribution in [3.8, 4) is 0 Å². The largest absolute Gasteiger partial charge is 0.139 e. The second-order valence-electron chi connectivity index (χ2n) is 4.59. The number of hydrogen-bond donors (Lipinski definition) is 0. The first kappa shape index (κ1) is 11.9.